The summed E-state index contributed by atoms with van der Waals surface area (Å²) in [4.78, 5) is 7.58. The van der Waals surface area contributed by atoms with Crippen LogP contribution in [0.5, 0.6) is 0 Å². The first kappa shape index (κ1) is 11.6. The van der Waals surface area contributed by atoms with Gasteiger partial charge >= 0.3 is 0 Å². The molecule has 0 radical (unpaired) electrons. The van der Waals surface area contributed by atoms with E-state index in [0.29, 0.717) is 25.9 Å². The van der Waals surface area contributed by atoms with E-state index < -0.39 is 0 Å². The SMILES string of the molecule is CC(C)NCc1cnc(C2COCCO2)[nH]1. The minimum Gasteiger partial charge on any atom is -0.376 e. The molecule has 1 saturated heterocycles. The third-order valence-corrected chi connectivity index (χ3v) is 2.47. The zero-order valence-corrected chi connectivity index (χ0v) is 9.82. The number of H-pyrrole nitrogens is 1. The van der Waals surface area contributed by atoms with Crippen molar-refractivity contribution in [3.63, 3.8) is 0 Å². The zero-order valence-electron chi connectivity index (χ0n) is 9.82. The monoisotopic (exact) mass is 225 g/mol. The van der Waals surface area contributed by atoms with Crippen LogP contribution >= 0.6 is 0 Å². The number of rotatable bonds is 4. The highest BCUT2D eigenvalue weighted by atomic mass is 16.6. The van der Waals surface area contributed by atoms with Crippen molar-refractivity contribution in [1.82, 2.24) is 15.3 Å². The van der Waals surface area contributed by atoms with Gasteiger partial charge in [-0.3, -0.25) is 0 Å². The van der Waals surface area contributed by atoms with E-state index in [4.69, 9.17) is 9.47 Å². The van der Waals surface area contributed by atoms with Gasteiger partial charge in [0, 0.05) is 24.5 Å². The summed E-state index contributed by atoms with van der Waals surface area (Å²) in [5.41, 5.74) is 1.08. The molecule has 1 aliphatic rings. The fourth-order valence-corrected chi connectivity index (χ4v) is 1.59. The van der Waals surface area contributed by atoms with Crippen LogP contribution in [0.2, 0.25) is 0 Å². The largest absolute Gasteiger partial charge is 0.376 e. The van der Waals surface area contributed by atoms with Crippen molar-refractivity contribution in [2.45, 2.75) is 32.5 Å². The van der Waals surface area contributed by atoms with Crippen LogP contribution < -0.4 is 5.32 Å². The zero-order chi connectivity index (χ0) is 11.4. The van der Waals surface area contributed by atoms with E-state index in [-0.39, 0.29) is 6.10 Å². The van der Waals surface area contributed by atoms with Crippen LogP contribution in [0.3, 0.4) is 0 Å². The highest BCUT2D eigenvalue weighted by molar-refractivity contribution is 5.04. The van der Waals surface area contributed by atoms with Crippen LogP contribution in [0.4, 0.5) is 0 Å². The number of imidazole rings is 1. The molecular formula is C11H19N3O2. The van der Waals surface area contributed by atoms with E-state index in [0.717, 1.165) is 18.1 Å². The van der Waals surface area contributed by atoms with Gasteiger partial charge in [-0.15, -0.1) is 0 Å². The molecule has 5 heteroatoms. The molecule has 16 heavy (non-hydrogen) atoms. The van der Waals surface area contributed by atoms with Crippen molar-refractivity contribution in [3.8, 4) is 0 Å². The number of aromatic amines is 1. The topological polar surface area (TPSA) is 59.2 Å². The molecule has 1 atom stereocenters. The van der Waals surface area contributed by atoms with Gasteiger partial charge in [-0.05, 0) is 0 Å². The molecule has 0 saturated carbocycles. The Hall–Kier alpha value is -0.910. The van der Waals surface area contributed by atoms with Crippen molar-refractivity contribution in [2.75, 3.05) is 19.8 Å². The second-order valence-electron chi connectivity index (χ2n) is 4.26. The molecule has 0 aromatic carbocycles. The highest BCUT2D eigenvalue weighted by Crippen LogP contribution is 2.17. The average molecular weight is 225 g/mol. The molecule has 0 spiro atoms. The van der Waals surface area contributed by atoms with E-state index in [1.165, 1.54) is 0 Å². The van der Waals surface area contributed by atoms with Gasteiger partial charge in [0.15, 0.2) is 0 Å². The molecule has 5 nitrogen and oxygen atoms in total. The molecule has 0 amide bonds. The summed E-state index contributed by atoms with van der Waals surface area (Å²) in [6.45, 7) is 6.96. The van der Waals surface area contributed by atoms with Crippen molar-refractivity contribution in [2.24, 2.45) is 0 Å². The third kappa shape index (κ3) is 3.04. The van der Waals surface area contributed by atoms with Crippen molar-refractivity contribution in [1.29, 1.82) is 0 Å². The molecule has 90 valence electrons. The number of hydrogen-bond donors (Lipinski definition) is 2. The van der Waals surface area contributed by atoms with Gasteiger partial charge in [-0.25, -0.2) is 4.98 Å². The standard InChI is InChI=1S/C11H19N3O2/c1-8(2)12-5-9-6-13-11(14-9)10-7-15-3-4-16-10/h6,8,10,12H,3-5,7H2,1-2H3,(H,13,14). The highest BCUT2D eigenvalue weighted by Gasteiger charge is 2.19. The predicted octanol–water partition coefficient (Wildman–Crippen LogP) is 0.996. The summed E-state index contributed by atoms with van der Waals surface area (Å²) in [6.07, 6.45) is 1.81. The smallest absolute Gasteiger partial charge is 0.138 e. The normalized spacial score (nSPS) is 21.6. The molecule has 1 aliphatic heterocycles. The van der Waals surface area contributed by atoms with E-state index >= 15 is 0 Å². The van der Waals surface area contributed by atoms with Crippen LogP contribution in [0.15, 0.2) is 6.20 Å². The lowest BCUT2D eigenvalue weighted by Crippen LogP contribution is -2.23. The fourth-order valence-electron chi connectivity index (χ4n) is 1.59. The van der Waals surface area contributed by atoms with Gasteiger partial charge in [0.2, 0.25) is 0 Å². The van der Waals surface area contributed by atoms with Crippen LogP contribution in [0.1, 0.15) is 31.5 Å². The van der Waals surface area contributed by atoms with Gasteiger partial charge in [0.1, 0.15) is 11.9 Å². The summed E-state index contributed by atoms with van der Waals surface area (Å²) in [6, 6.07) is 0.473. The van der Waals surface area contributed by atoms with E-state index in [9.17, 15) is 0 Å². The van der Waals surface area contributed by atoms with Crippen LogP contribution in [-0.2, 0) is 16.0 Å². The lowest BCUT2D eigenvalue weighted by Gasteiger charge is -2.20. The van der Waals surface area contributed by atoms with Crippen molar-refractivity contribution in [3.05, 3.63) is 17.7 Å². The Balaban J connectivity index is 1.90. The average Bonchev–Trinajstić information content (AvgIpc) is 2.76. The first-order valence-electron chi connectivity index (χ1n) is 5.72. The second-order valence-corrected chi connectivity index (χ2v) is 4.26. The second kappa shape index (κ2) is 5.43. The third-order valence-electron chi connectivity index (χ3n) is 2.47. The van der Waals surface area contributed by atoms with Gasteiger partial charge in [-0.1, -0.05) is 13.8 Å². The lowest BCUT2D eigenvalue weighted by atomic mass is 10.3. The summed E-state index contributed by atoms with van der Waals surface area (Å²) in [5.74, 6) is 0.861. The molecule has 0 bridgehead atoms. The molecule has 1 unspecified atom stereocenters. The first-order chi connectivity index (χ1) is 7.75. The van der Waals surface area contributed by atoms with Crippen molar-refractivity contribution >= 4 is 0 Å². The Labute approximate surface area is 95.6 Å². The number of nitrogens with zero attached hydrogens (tertiary/aromatic N) is 1. The van der Waals surface area contributed by atoms with Gasteiger partial charge in [0.05, 0.1) is 19.8 Å². The summed E-state index contributed by atoms with van der Waals surface area (Å²) in [5, 5.41) is 3.33. The Morgan fingerprint density at radius 2 is 2.44 bits per heavy atom. The number of ether oxygens (including phenoxy) is 2. The summed E-state index contributed by atoms with van der Waals surface area (Å²) < 4.78 is 10.9. The number of nitrogens with one attached hydrogen (secondary N) is 2. The molecule has 1 fully saturated rings. The van der Waals surface area contributed by atoms with Crippen LogP contribution in [0.25, 0.3) is 0 Å². The Morgan fingerprint density at radius 1 is 1.56 bits per heavy atom. The van der Waals surface area contributed by atoms with Gasteiger partial charge < -0.3 is 19.8 Å². The lowest BCUT2D eigenvalue weighted by molar-refractivity contribution is -0.0932. The van der Waals surface area contributed by atoms with Gasteiger partial charge in [-0.2, -0.15) is 0 Å². The fraction of sp³-hybridized carbons (Fsp3) is 0.727. The number of aromatic nitrogens is 2. The number of hydrogen-bond acceptors (Lipinski definition) is 4. The molecule has 1 aromatic heterocycles. The molecule has 2 heterocycles. The molecule has 2 rings (SSSR count). The van der Waals surface area contributed by atoms with Crippen molar-refractivity contribution < 1.29 is 9.47 Å². The Bertz CT molecular complexity index is 319. The van der Waals surface area contributed by atoms with Crippen LogP contribution in [-0.4, -0.2) is 35.8 Å². The molecule has 0 aliphatic carbocycles. The molecule has 2 N–H and O–H groups in total. The van der Waals surface area contributed by atoms with E-state index in [1.54, 1.807) is 0 Å². The minimum atomic E-state index is -0.0402. The molecule has 1 aromatic rings. The van der Waals surface area contributed by atoms with E-state index in [2.05, 4.69) is 29.1 Å². The predicted molar refractivity (Wildman–Crippen MR) is 60.1 cm³/mol. The maximum Gasteiger partial charge on any atom is 0.138 e. The summed E-state index contributed by atoms with van der Waals surface area (Å²) in [7, 11) is 0. The maximum absolute atomic E-state index is 5.56. The maximum atomic E-state index is 5.56. The van der Waals surface area contributed by atoms with E-state index in [1.807, 2.05) is 6.20 Å². The Kier molecular flexibility index (Phi) is 3.93. The molecular weight excluding hydrogens is 206 g/mol. The quantitative estimate of drug-likeness (QED) is 0.802. The summed E-state index contributed by atoms with van der Waals surface area (Å²) >= 11 is 0. The minimum absolute atomic E-state index is 0.0402. The van der Waals surface area contributed by atoms with Gasteiger partial charge in [0.25, 0.3) is 0 Å². The first-order valence-corrected chi connectivity index (χ1v) is 5.72. The Morgan fingerprint density at radius 3 is 3.12 bits per heavy atom. The van der Waals surface area contributed by atoms with Crippen LogP contribution in [0, 0.1) is 0 Å².